The highest BCUT2D eigenvalue weighted by Crippen LogP contribution is 2.44. The van der Waals surface area contributed by atoms with Gasteiger partial charge in [-0.3, -0.25) is 4.79 Å². The monoisotopic (exact) mass is 296 g/mol. The largest absolute Gasteiger partial charge is 0.353 e. The standard InChI is InChI=1S/C18H36N2O/c1-6-7-8-9-10-13(2)20-17(21)15-11-12-16(19)14(3)18(15,4)5/h13-16H,6-12,19H2,1-5H3,(H,20,21). The van der Waals surface area contributed by atoms with Crippen LogP contribution in [0.2, 0.25) is 0 Å². The van der Waals surface area contributed by atoms with Gasteiger partial charge in [-0.25, -0.2) is 0 Å². The van der Waals surface area contributed by atoms with Crippen molar-refractivity contribution >= 4 is 5.91 Å². The fourth-order valence-electron chi connectivity index (χ4n) is 3.61. The fraction of sp³-hybridized carbons (Fsp3) is 0.944. The lowest BCUT2D eigenvalue weighted by atomic mass is 9.61. The zero-order chi connectivity index (χ0) is 16.0. The van der Waals surface area contributed by atoms with Crippen molar-refractivity contribution in [3.63, 3.8) is 0 Å². The number of amides is 1. The zero-order valence-electron chi connectivity index (χ0n) is 14.7. The summed E-state index contributed by atoms with van der Waals surface area (Å²) in [5.41, 5.74) is 6.17. The molecule has 1 fully saturated rings. The van der Waals surface area contributed by atoms with Crippen LogP contribution in [0.5, 0.6) is 0 Å². The Morgan fingerprint density at radius 2 is 1.95 bits per heavy atom. The quantitative estimate of drug-likeness (QED) is 0.701. The highest BCUT2D eigenvalue weighted by Gasteiger charge is 2.45. The number of unbranched alkanes of at least 4 members (excludes halogenated alkanes) is 3. The molecule has 0 radical (unpaired) electrons. The van der Waals surface area contributed by atoms with Gasteiger partial charge in [0.25, 0.3) is 0 Å². The van der Waals surface area contributed by atoms with E-state index in [2.05, 4.69) is 39.9 Å². The van der Waals surface area contributed by atoms with Gasteiger partial charge >= 0.3 is 0 Å². The van der Waals surface area contributed by atoms with Crippen LogP contribution in [0.1, 0.15) is 79.6 Å². The average molecular weight is 296 g/mol. The van der Waals surface area contributed by atoms with Gasteiger partial charge in [-0.15, -0.1) is 0 Å². The van der Waals surface area contributed by atoms with Crippen molar-refractivity contribution in [2.75, 3.05) is 0 Å². The molecule has 4 atom stereocenters. The van der Waals surface area contributed by atoms with Crippen LogP contribution in [0.25, 0.3) is 0 Å². The molecule has 0 saturated heterocycles. The number of carbonyl (C=O) groups is 1. The number of hydrogen-bond donors (Lipinski definition) is 2. The summed E-state index contributed by atoms with van der Waals surface area (Å²) in [6.07, 6.45) is 8.03. The smallest absolute Gasteiger partial charge is 0.223 e. The van der Waals surface area contributed by atoms with Crippen molar-refractivity contribution in [1.29, 1.82) is 0 Å². The Morgan fingerprint density at radius 3 is 2.57 bits per heavy atom. The molecule has 21 heavy (non-hydrogen) atoms. The molecule has 1 aliphatic carbocycles. The Bertz CT molecular complexity index is 327. The number of rotatable bonds is 7. The number of hydrogen-bond acceptors (Lipinski definition) is 2. The third-order valence-corrected chi connectivity index (χ3v) is 5.70. The van der Waals surface area contributed by atoms with Crippen LogP contribution in [-0.4, -0.2) is 18.0 Å². The van der Waals surface area contributed by atoms with Gasteiger partial charge < -0.3 is 11.1 Å². The van der Waals surface area contributed by atoms with Crippen LogP contribution in [0.4, 0.5) is 0 Å². The Hall–Kier alpha value is -0.570. The van der Waals surface area contributed by atoms with Crippen molar-refractivity contribution < 1.29 is 4.79 Å². The van der Waals surface area contributed by atoms with Gasteiger partial charge in [-0.2, -0.15) is 0 Å². The average Bonchev–Trinajstić information content (AvgIpc) is 2.41. The molecule has 0 bridgehead atoms. The molecule has 0 heterocycles. The molecule has 1 rings (SSSR count). The predicted octanol–water partition coefficient (Wildman–Crippen LogP) is 3.86. The van der Waals surface area contributed by atoms with E-state index in [0.717, 1.165) is 19.3 Å². The SMILES string of the molecule is CCCCCCC(C)NC(=O)C1CCC(N)C(C)C1(C)C. The van der Waals surface area contributed by atoms with Crippen LogP contribution in [0.15, 0.2) is 0 Å². The lowest BCUT2D eigenvalue weighted by Crippen LogP contribution is -2.52. The number of nitrogens with one attached hydrogen (secondary N) is 1. The minimum absolute atomic E-state index is 0.0102. The minimum Gasteiger partial charge on any atom is -0.353 e. The molecule has 4 unspecified atom stereocenters. The minimum atomic E-state index is -0.0102. The second kappa shape index (κ2) is 8.17. The summed E-state index contributed by atoms with van der Waals surface area (Å²) in [7, 11) is 0. The summed E-state index contributed by atoms with van der Waals surface area (Å²) in [5, 5.41) is 3.24. The van der Waals surface area contributed by atoms with Crippen molar-refractivity contribution in [3.8, 4) is 0 Å². The Labute approximate surface area is 131 Å². The third-order valence-electron chi connectivity index (χ3n) is 5.70. The highest BCUT2D eigenvalue weighted by atomic mass is 16.2. The molecule has 124 valence electrons. The summed E-state index contributed by atoms with van der Waals surface area (Å²) in [6.45, 7) is 11.0. The first-order valence-corrected chi connectivity index (χ1v) is 8.86. The molecule has 0 spiro atoms. The first-order chi connectivity index (χ1) is 9.80. The summed E-state index contributed by atoms with van der Waals surface area (Å²) in [4.78, 5) is 12.6. The molecule has 0 aromatic carbocycles. The molecular weight excluding hydrogens is 260 g/mol. The highest BCUT2D eigenvalue weighted by molar-refractivity contribution is 5.79. The molecule has 1 aliphatic rings. The zero-order valence-corrected chi connectivity index (χ0v) is 14.7. The lowest BCUT2D eigenvalue weighted by Gasteiger charge is -2.46. The van der Waals surface area contributed by atoms with Crippen LogP contribution >= 0.6 is 0 Å². The second-order valence-electron chi connectivity index (χ2n) is 7.66. The third kappa shape index (κ3) is 4.98. The maximum Gasteiger partial charge on any atom is 0.223 e. The summed E-state index contributed by atoms with van der Waals surface area (Å²) < 4.78 is 0. The first kappa shape index (κ1) is 18.5. The maximum atomic E-state index is 12.6. The Balaban J connectivity index is 2.47. The van der Waals surface area contributed by atoms with Crippen molar-refractivity contribution in [2.45, 2.75) is 91.6 Å². The van der Waals surface area contributed by atoms with E-state index in [4.69, 9.17) is 5.73 Å². The summed E-state index contributed by atoms with van der Waals surface area (Å²) in [5.74, 6) is 0.731. The van der Waals surface area contributed by atoms with Crippen LogP contribution < -0.4 is 11.1 Å². The van der Waals surface area contributed by atoms with E-state index in [1.807, 2.05) is 0 Å². The molecule has 3 heteroatoms. The topological polar surface area (TPSA) is 55.1 Å². The van der Waals surface area contributed by atoms with Gasteiger partial charge in [0, 0.05) is 18.0 Å². The van der Waals surface area contributed by atoms with E-state index in [0.29, 0.717) is 5.92 Å². The number of carbonyl (C=O) groups excluding carboxylic acids is 1. The second-order valence-corrected chi connectivity index (χ2v) is 7.66. The van der Waals surface area contributed by atoms with E-state index < -0.39 is 0 Å². The van der Waals surface area contributed by atoms with E-state index in [-0.39, 0.29) is 29.3 Å². The maximum absolute atomic E-state index is 12.6. The molecule has 1 saturated carbocycles. The first-order valence-electron chi connectivity index (χ1n) is 8.86. The Morgan fingerprint density at radius 1 is 1.29 bits per heavy atom. The van der Waals surface area contributed by atoms with E-state index in [1.54, 1.807) is 0 Å². The van der Waals surface area contributed by atoms with Crippen LogP contribution in [0, 0.1) is 17.3 Å². The molecule has 0 aromatic rings. The molecule has 1 amide bonds. The molecule has 0 aliphatic heterocycles. The van der Waals surface area contributed by atoms with E-state index in [9.17, 15) is 4.79 Å². The van der Waals surface area contributed by atoms with Gasteiger partial charge in [-0.1, -0.05) is 53.4 Å². The Kier molecular flexibility index (Phi) is 7.19. The van der Waals surface area contributed by atoms with Gasteiger partial charge in [0.15, 0.2) is 0 Å². The molecule has 0 aromatic heterocycles. The van der Waals surface area contributed by atoms with Crippen molar-refractivity contribution in [3.05, 3.63) is 0 Å². The summed E-state index contributed by atoms with van der Waals surface area (Å²) in [6, 6.07) is 0.520. The summed E-state index contributed by atoms with van der Waals surface area (Å²) >= 11 is 0. The van der Waals surface area contributed by atoms with Crippen molar-refractivity contribution in [2.24, 2.45) is 23.0 Å². The molecule has 3 N–H and O–H groups in total. The van der Waals surface area contributed by atoms with Crippen LogP contribution in [-0.2, 0) is 4.79 Å². The normalized spacial score (nSPS) is 29.9. The van der Waals surface area contributed by atoms with Gasteiger partial charge in [-0.05, 0) is 37.5 Å². The van der Waals surface area contributed by atoms with E-state index >= 15 is 0 Å². The van der Waals surface area contributed by atoms with E-state index in [1.165, 1.54) is 25.7 Å². The van der Waals surface area contributed by atoms with Crippen LogP contribution in [0.3, 0.4) is 0 Å². The number of nitrogens with two attached hydrogens (primary N) is 1. The lowest BCUT2D eigenvalue weighted by molar-refractivity contribution is -0.133. The molecule has 3 nitrogen and oxygen atoms in total. The molecular formula is C18H36N2O. The van der Waals surface area contributed by atoms with Gasteiger partial charge in [0.1, 0.15) is 0 Å². The predicted molar refractivity (Wildman–Crippen MR) is 90.0 cm³/mol. The van der Waals surface area contributed by atoms with Gasteiger partial charge in [0.05, 0.1) is 0 Å². The van der Waals surface area contributed by atoms with Gasteiger partial charge in [0.2, 0.25) is 5.91 Å². The van der Waals surface area contributed by atoms with Crippen molar-refractivity contribution in [1.82, 2.24) is 5.32 Å². The fourth-order valence-corrected chi connectivity index (χ4v) is 3.61.